The predicted molar refractivity (Wildman–Crippen MR) is 147 cm³/mol. The molecule has 0 spiro atoms. The van der Waals surface area contributed by atoms with E-state index in [2.05, 4.69) is 39.8 Å². The van der Waals surface area contributed by atoms with E-state index in [-0.39, 0.29) is 17.9 Å². The van der Waals surface area contributed by atoms with Crippen molar-refractivity contribution in [3.05, 3.63) is 137 Å². The van der Waals surface area contributed by atoms with Crippen molar-refractivity contribution in [2.45, 2.75) is 32.5 Å². The van der Waals surface area contributed by atoms with E-state index in [0.29, 0.717) is 16.8 Å². The van der Waals surface area contributed by atoms with E-state index in [4.69, 9.17) is 0 Å². The zero-order chi connectivity index (χ0) is 25.6. The minimum atomic E-state index is -0.241. The molecule has 0 aromatic heterocycles. The molecule has 5 rings (SSSR count). The monoisotopic (exact) mass is 489 g/mol. The number of fused-ring (bicyclic) bond motifs is 1. The fraction of sp³-hybridized carbons (Fsp3) is 0.188. The van der Waals surface area contributed by atoms with Crippen LogP contribution in [-0.2, 0) is 19.5 Å². The van der Waals surface area contributed by atoms with E-state index >= 15 is 0 Å². The largest absolute Gasteiger partial charge is 0.345 e. The molecule has 2 N–H and O–H groups in total. The molecule has 37 heavy (non-hydrogen) atoms. The highest BCUT2D eigenvalue weighted by Crippen LogP contribution is 2.22. The van der Waals surface area contributed by atoms with Gasteiger partial charge in [0.05, 0.1) is 17.3 Å². The summed E-state index contributed by atoms with van der Waals surface area (Å²) in [6.45, 7) is 4.76. The summed E-state index contributed by atoms with van der Waals surface area (Å²) in [5.74, 6) is -0.472. The third-order valence-electron chi connectivity index (χ3n) is 6.90. The smallest absolute Gasteiger partial charge is 0.255 e. The molecular formula is C32H31N3O2. The van der Waals surface area contributed by atoms with Crippen LogP contribution in [0.2, 0.25) is 0 Å². The Hall–Kier alpha value is -4.22. The molecule has 1 aliphatic rings. The van der Waals surface area contributed by atoms with Crippen LogP contribution in [0.3, 0.4) is 0 Å². The minimum Gasteiger partial charge on any atom is -0.345 e. The molecule has 1 heterocycles. The maximum Gasteiger partial charge on any atom is 0.255 e. The number of anilines is 1. The molecule has 0 saturated carbocycles. The fourth-order valence-corrected chi connectivity index (χ4v) is 4.79. The summed E-state index contributed by atoms with van der Waals surface area (Å²) in [6.07, 6.45) is 1.06. The summed E-state index contributed by atoms with van der Waals surface area (Å²) >= 11 is 0. The summed E-state index contributed by atoms with van der Waals surface area (Å²) in [4.78, 5) is 28.5. The molecule has 1 aliphatic heterocycles. The van der Waals surface area contributed by atoms with Gasteiger partial charge in [-0.3, -0.25) is 14.5 Å². The van der Waals surface area contributed by atoms with Crippen molar-refractivity contribution in [2.75, 3.05) is 11.9 Å². The zero-order valence-electron chi connectivity index (χ0n) is 21.0. The molecule has 0 bridgehead atoms. The van der Waals surface area contributed by atoms with Crippen LogP contribution in [0.15, 0.2) is 103 Å². The number of rotatable bonds is 7. The normalized spacial score (nSPS) is 13.9. The van der Waals surface area contributed by atoms with Crippen molar-refractivity contribution in [3.8, 4) is 0 Å². The molecule has 0 saturated heterocycles. The lowest BCUT2D eigenvalue weighted by molar-refractivity contribution is 0.0940. The van der Waals surface area contributed by atoms with Gasteiger partial charge in [-0.25, -0.2) is 0 Å². The molecule has 0 fully saturated rings. The number of para-hydroxylation sites is 1. The number of amides is 2. The van der Waals surface area contributed by atoms with Gasteiger partial charge in [0.1, 0.15) is 0 Å². The van der Waals surface area contributed by atoms with Crippen LogP contribution >= 0.6 is 0 Å². The molecule has 0 aliphatic carbocycles. The fourth-order valence-electron chi connectivity index (χ4n) is 4.79. The minimum absolute atomic E-state index is 0.154. The van der Waals surface area contributed by atoms with Crippen molar-refractivity contribution >= 4 is 17.5 Å². The standard InChI is InChI=1S/C32H31N3O2/c1-23(25-9-3-2-4-10-25)33-32(37)29-13-7-8-14-30(29)34-31(36)27-17-15-24(16-18-27)21-35-20-19-26-11-5-6-12-28(26)22-35/h2-18,23H,19-22H2,1H3,(H,33,37)(H,34,36)/t23-/m1/s1. The second kappa shape index (κ2) is 11.2. The summed E-state index contributed by atoms with van der Waals surface area (Å²) in [7, 11) is 0. The van der Waals surface area contributed by atoms with Gasteiger partial charge in [0, 0.05) is 25.2 Å². The topological polar surface area (TPSA) is 61.4 Å². The number of carbonyl (C=O) groups excluding carboxylic acids is 2. The Kier molecular flexibility index (Phi) is 7.43. The van der Waals surface area contributed by atoms with Crippen LogP contribution in [0.25, 0.3) is 0 Å². The average Bonchev–Trinajstić information content (AvgIpc) is 2.94. The maximum absolute atomic E-state index is 13.0. The molecule has 1 atom stereocenters. The average molecular weight is 490 g/mol. The highest BCUT2D eigenvalue weighted by Gasteiger charge is 2.18. The van der Waals surface area contributed by atoms with Gasteiger partial charge in [-0.05, 0) is 59.9 Å². The molecule has 4 aromatic carbocycles. The highest BCUT2D eigenvalue weighted by molar-refractivity contribution is 6.09. The van der Waals surface area contributed by atoms with Gasteiger partial charge in [-0.1, -0.05) is 78.9 Å². The van der Waals surface area contributed by atoms with E-state index in [1.54, 1.807) is 18.2 Å². The Labute approximate surface area is 218 Å². The van der Waals surface area contributed by atoms with Crippen molar-refractivity contribution in [2.24, 2.45) is 0 Å². The second-order valence-corrected chi connectivity index (χ2v) is 9.53. The number of benzene rings is 4. The van der Waals surface area contributed by atoms with Crippen molar-refractivity contribution in [3.63, 3.8) is 0 Å². The number of nitrogens with zero attached hydrogens (tertiary/aromatic N) is 1. The van der Waals surface area contributed by atoms with Crippen LogP contribution in [-0.4, -0.2) is 23.3 Å². The van der Waals surface area contributed by atoms with Gasteiger partial charge < -0.3 is 10.6 Å². The Morgan fingerprint density at radius 1 is 0.784 bits per heavy atom. The van der Waals surface area contributed by atoms with Gasteiger partial charge >= 0.3 is 0 Å². The number of hydrogen-bond donors (Lipinski definition) is 2. The first-order chi connectivity index (χ1) is 18.1. The summed E-state index contributed by atoms with van der Waals surface area (Å²) < 4.78 is 0. The molecule has 186 valence electrons. The predicted octanol–water partition coefficient (Wildman–Crippen LogP) is 5.99. The molecule has 0 unspecified atom stereocenters. The number of carbonyl (C=O) groups is 2. The van der Waals surface area contributed by atoms with E-state index in [1.807, 2.05) is 67.6 Å². The quantitative estimate of drug-likeness (QED) is 0.335. The Morgan fingerprint density at radius 3 is 2.24 bits per heavy atom. The van der Waals surface area contributed by atoms with Crippen molar-refractivity contribution < 1.29 is 9.59 Å². The van der Waals surface area contributed by atoms with Crippen molar-refractivity contribution in [1.82, 2.24) is 10.2 Å². The van der Waals surface area contributed by atoms with Gasteiger partial charge in [0.2, 0.25) is 0 Å². The Bertz CT molecular complexity index is 1380. The second-order valence-electron chi connectivity index (χ2n) is 9.53. The lowest BCUT2D eigenvalue weighted by Crippen LogP contribution is -2.30. The van der Waals surface area contributed by atoms with Gasteiger partial charge in [0.25, 0.3) is 11.8 Å². The Morgan fingerprint density at radius 2 is 1.46 bits per heavy atom. The van der Waals surface area contributed by atoms with Crippen LogP contribution in [0.5, 0.6) is 0 Å². The van der Waals surface area contributed by atoms with E-state index in [9.17, 15) is 9.59 Å². The first-order valence-corrected chi connectivity index (χ1v) is 12.7. The van der Waals surface area contributed by atoms with Crippen LogP contribution in [0, 0.1) is 0 Å². The van der Waals surface area contributed by atoms with Crippen molar-refractivity contribution in [1.29, 1.82) is 0 Å². The first-order valence-electron chi connectivity index (χ1n) is 12.7. The molecular weight excluding hydrogens is 458 g/mol. The molecule has 5 nitrogen and oxygen atoms in total. The third kappa shape index (κ3) is 5.96. The van der Waals surface area contributed by atoms with E-state index in [1.165, 1.54) is 16.7 Å². The lowest BCUT2D eigenvalue weighted by Gasteiger charge is -2.28. The van der Waals surface area contributed by atoms with E-state index < -0.39 is 0 Å². The SMILES string of the molecule is C[C@@H](NC(=O)c1ccccc1NC(=O)c1ccc(CN2CCc3ccccc3C2)cc1)c1ccccc1. The molecule has 4 aromatic rings. The van der Waals surface area contributed by atoms with Gasteiger partial charge in [-0.2, -0.15) is 0 Å². The van der Waals surface area contributed by atoms with Gasteiger partial charge in [-0.15, -0.1) is 0 Å². The number of nitrogens with one attached hydrogen (secondary N) is 2. The van der Waals surface area contributed by atoms with Crippen LogP contribution in [0.4, 0.5) is 5.69 Å². The van der Waals surface area contributed by atoms with Crippen LogP contribution < -0.4 is 10.6 Å². The summed E-state index contributed by atoms with van der Waals surface area (Å²) in [5, 5.41) is 5.95. The maximum atomic E-state index is 13.0. The highest BCUT2D eigenvalue weighted by atomic mass is 16.2. The summed E-state index contributed by atoms with van der Waals surface area (Å²) in [6, 6.07) is 33.1. The third-order valence-corrected chi connectivity index (χ3v) is 6.90. The summed E-state index contributed by atoms with van der Waals surface area (Å²) in [5.41, 5.74) is 6.50. The zero-order valence-corrected chi connectivity index (χ0v) is 21.0. The van der Waals surface area contributed by atoms with Crippen LogP contribution in [0.1, 0.15) is 55.9 Å². The lowest BCUT2D eigenvalue weighted by atomic mass is 9.99. The molecule has 2 amide bonds. The van der Waals surface area contributed by atoms with Gasteiger partial charge in [0.15, 0.2) is 0 Å². The first kappa shape index (κ1) is 24.5. The number of hydrogen-bond acceptors (Lipinski definition) is 3. The molecule has 5 heteroatoms. The molecule has 0 radical (unpaired) electrons. The van der Waals surface area contributed by atoms with E-state index in [0.717, 1.165) is 31.6 Å². The Balaban J connectivity index is 1.21.